The molecule has 16 heavy (non-hydrogen) atoms. The third-order valence-electron chi connectivity index (χ3n) is 3.31. The number of hydrogen-bond donors (Lipinski definition) is 1. The van der Waals surface area contributed by atoms with Gasteiger partial charge in [-0.25, -0.2) is 4.98 Å². The van der Waals surface area contributed by atoms with Crippen molar-refractivity contribution in [3.8, 4) is 0 Å². The topological polar surface area (TPSA) is 42.1 Å². The normalized spacial score (nSPS) is 15.9. The minimum atomic E-state index is 0.696. The number of aromatic nitrogens is 1. The Morgan fingerprint density at radius 2 is 2.25 bits per heavy atom. The maximum atomic E-state index is 5.59. The molecule has 0 unspecified atom stereocenters. The van der Waals surface area contributed by atoms with Crippen LogP contribution < -0.4 is 10.6 Å². The Bertz CT molecular complexity index is 316. The number of hydrogen-bond acceptors (Lipinski definition) is 3. The highest BCUT2D eigenvalue weighted by atomic mass is 15.2. The summed E-state index contributed by atoms with van der Waals surface area (Å²) in [7, 11) is 0. The largest absolute Gasteiger partial charge is 0.354 e. The fourth-order valence-corrected chi connectivity index (χ4v) is 2.07. The van der Waals surface area contributed by atoms with Crippen LogP contribution in [0, 0.1) is 6.92 Å². The van der Waals surface area contributed by atoms with Gasteiger partial charge in [0.05, 0.1) is 0 Å². The first-order valence-corrected chi connectivity index (χ1v) is 6.20. The zero-order valence-corrected chi connectivity index (χ0v) is 10.0. The van der Waals surface area contributed by atoms with Gasteiger partial charge in [-0.15, -0.1) is 0 Å². The van der Waals surface area contributed by atoms with E-state index < -0.39 is 0 Å². The molecule has 2 rings (SSSR count). The van der Waals surface area contributed by atoms with Crippen LogP contribution in [-0.2, 0) is 0 Å². The molecule has 88 valence electrons. The SMILES string of the molecule is Cc1ccc(N(CCCN)C2CCC2)nc1. The van der Waals surface area contributed by atoms with E-state index in [4.69, 9.17) is 5.73 Å². The van der Waals surface area contributed by atoms with Gasteiger partial charge in [0.25, 0.3) is 0 Å². The third kappa shape index (κ3) is 2.53. The standard InChI is InChI=1S/C13H21N3/c1-11-6-7-13(15-10-11)16(9-3-8-14)12-4-2-5-12/h6-7,10,12H,2-5,8-9,14H2,1H3. The number of anilines is 1. The highest BCUT2D eigenvalue weighted by Gasteiger charge is 2.25. The number of nitrogens with two attached hydrogens (primary N) is 1. The Morgan fingerprint density at radius 3 is 2.75 bits per heavy atom. The summed E-state index contributed by atoms with van der Waals surface area (Å²) in [4.78, 5) is 6.95. The molecule has 0 bridgehead atoms. The lowest BCUT2D eigenvalue weighted by Gasteiger charge is -2.38. The second-order valence-corrected chi connectivity index (χ2v) is 4.61. The van der Waals surface area contributed by atoms with Crippen LogP contribution in [0.1, 0.15) is 31.2 Å². The van der Waals surface area contributed by atoms with Crippen molar-refractivity contribution in [2.24, 2.45) is 5.73 Å². The van der Waals surface area contributed by atoms with Crippen LogP contribution in [-0.4, -0.2) is 24.1 Å². The molecule has 2 N–H and O–H groups in total. The monoisotopic (exact) mass is 219 g/mol. The summed E-state index contributed by atoms with van der Waals surface area (Å²) in [5, 5.41) is 0. The van der Waals surface area contributed by atoms with Crippen molar-refractivity contribution in [2.45, 2.75) is 38.6 Å². The highest BCUT2D eigenvalue weighted by Crippen LogP contribution is 2.28. The Labute approximate surface area is 97.7 Å². The van der Waals surface area contributed by atoms with Gasteiger partial charge in [-0.1, -0.05) is 6.07 Å². The van der Waals surface area contributed by atoms with Crippen LogP contribution in [0.25, 0.3) is 0 Å². The summed E-state index contributed by atoms with van der Waals surface area (Å²) < 4.78 is 0. The zero-order chi connectivity index (χ0) is 11.4. The molecule has 1 fully saturated rings. The Kier molecular flexibility index (Phi) is 3.78. The van der Waals surface area contributed by atoms with E-state index in [0.29, 0.717) is 6.04 Å². The first kappa shape index (κ1) is 11.4. The van der Waals surface area contributed by atoms with Gasteiger partial charge >= 0.3 is 0 Å². The Morgan fingerprint density at radius 1 is 1.44 bits per heavy atom. The second kappa shape index (κ2) is 5.30. The van der Waals surface area contributed by atoms with E-state index in [9.17, 15) is 0 Å². The van der Waals surface area contributed by atoms with Crippen LogP contribution in [0.5, 0.6) is 0 Å². The average Bonchev–Trinajstić information content (AvgIpc) is 2.23. The zero-order valence-electron chi connectivity index (χ0n) is 10.0. The Balaban J connectivity index is 2.07. The van der Waals surface area contributed by atoms with E-state index in [-0.39, 0.29) is 0 Å². The molecule has 1 aromatic rings. The molecule has 0 amide bonds. The lowest BCUT2D eigenvalue weighted by molar-refractivity contribution is 0.383. The summed E-state index contributed by atoms with van der Waals surface area (Å²) in [6, 6.07) is 4.96. The van der Waals surface area contributed by atoms with Gasteiger partial charge in [-0.05, 0) is 50.8 Å². The molecular formula is C13H21N3. The number of rotatable bonds is 5. The number of nitrogens with zero attached hydrogens (tertiary/aromatic N) is 2. The van der Waals surface area contributed by atoms with Gasteiger partial charge in [0, 0.05) is 18.8 Å². The van der Waals surface area contributed by atoms with Crippen LogP contribution in [0.2, 0.25) is 0 Å². The molecule has 1 heterocycles. The highest BCUT2D eigenvalue weighted by molar-refractivity contribution is 5.41. The van der Waals surface area contributed by atoms with Crippen molar-refractivity contribution in [1.82, 2.24) is 4.98 Å². The first-order valence-electron chi connectivity index (χ1n) is 6.20. The van der Waals surface area contributed by atoms with Gasteiger partial charge in [-0.2, -0.15) is 0 Å². The predicted octanol–water partition coefficient (Wildman–Crippen LogP) is 2.10. The first-order chi connectivity index (χ1) is 7.81. The van der Waals surface area contributed by atoms with E-state index in [2.05, 4.69) is 28.9 Å². The molecule has 1 aliphatic carbocycles. The van der Waals surface area contributed by atoms with Gasteiger partial charge in [0.2, 0.25) is 0 Å². The molecule has 3 nitrogen and oxygen atoms in total. The molecular weight excluding hydrogens is 198 g/mol. The summed E-state index contributed by atoms with van der Waals surface area (Å²) in [6.07, 6.45) is 6.96. The van der Waals surface area contributed by atoms with Crippen molar-refractivity contribution in [3.63, 3.8) is 0 Å². The van der Waals surface area contributed by atoms with Gasteiger partial charge in [-0.3, -0.25) is 0 Å². The van der Waals surface area contributed by atoms with Crippen molar-refractivity contribution in [2.75, 3.05) is 18.0 Å². The van der Waals surface area contributed by atoms with E-state index in [1.54, 1.807) is 0 Å². The van der Waals surface area contributed by atoms with E-state index in [0.717, 1.165) is 25.3 Å². The van der Waals surface area contributed by atoms with Crippen LogP contribution in [0.4, 0.5) is 5.82 Å². The molecule has 0 saturated heterocycles. The summed E-state index contributed by atoms with van der Waals surface area (Å²) >= 11 is 0. The molecule has 0 radical (unpaired) electrons. The van der Waals surface area contributed by atoms with Gasteiger partial charge in [0.15, 0.2) is 0 Å². The smallest absolute Gasteiger partial charge is 0.128 e. The number of aryl methyl sites for hydroxylation is 1. The van der Waals surface area contributed by atoms with Crippen molar-refractivity contribution < 1.29 is 0 Å². The molecule has 1 aliphatic rings. The van der Waals surface area contributed by atoms with Crippen LogP contribution in [0.15, 0.2) is 18.3 Å². The fourth-order valence-electron chi connectivity index (χ4n) is 2.07. The molecule has 0 spiro atoms. The van der Waals surface area contributed by atoms with E-state index in [1.165, 1.54) is 24.8 Å². The third-order valence-corrected chi connectivity index (χ3v) is 3.31. The van der Waals surface area contributed by atoms with Crippen LogP contribution >= 0.6 is 0 Å². The Hall–Kier alpha value is -1.09. The molecule has 3 heteroatoms. The lowest BCUT2D eigenvalue weighted by atomic mass is 9.91. The van der Waals surface area contributed by atoms with Gasteiger partial charge < -0.3 is 10.6 Å². The molecule has 0 aliphatic heterocycles. The summed E-state index contributed by atoms with van der Waals surface area (Å²) in [5.41, 5.74) is 6.81. The summed E-state index contributed by atoms with van der Waals surface area (Å²) in [6.45, 7) is 3.87. The number of pyridine rings is 1. The van der Waals surface area contributed by atoms with Crippen molar-refractivity contribution in [3.05, 3.63) is 23.9 Å². The second-order valence-electron chi connectivity index (χ2n) is 4.61. The molecule has 1 saturated carbocycles. The van der Waals surface area contributed by atoms with Crippen molar-refractivity contribution in [1.29, 1.82) is 0 Å². The average molecular weight is 219 g/mol. The van der Waals surface area contributed by atoms with Gasteiger partial charge in [0.1, 0.15) is 5.82 Å². The lowest BCUT2D eigenvalue weighted by Crippen LogP contribution is -2.41. The maximum Gasteiger partial charge on any atom is 0.128 e. The predicted molar refractivity (Wildman–Crippen MR) is 67.6 cm³/mol. The quantitative estimate of drug-likeness (QED) is 0.824. The molecule has 1 aromatic heterocycles. The molecule has 0 aromatic carbocycles. The summed E-state index contributed by atoms with van der Waals surface area (Å²) in [5.74, 6) is 1.11. The van der Waals surface area contributed by atoms with E-state index in [1.807, 2.05) is 6.20 Å². The minimum Gasteiger partial charge on any atom is -0.354 e. The maximum absolute atomic E-state index is 5.59. The van der Waals surface area contributed by atoms with Crippen LogP contribution in [0.3, 0.4) is 0 Å². The van der Waals surface area contributed by atoms with E-state index >= 15 is 0 Å². The fraction of sp³-hybridized carbons (Fsp3) is 0.615. The van der Waals surface area contributed by atoms with Crippen molar-refractivity contribution >= 4 is 5.82 Å². The minimum absolute atomic E-state index is 0.696. The molecule has 0 atom stereocenters.